The lowest BCUT2D eigenvalue weighted by atomic mass is 10.3. The van der Waals surface area contributed by atoms with Crippen molar-refractivity contribution in [1.82, 2.24) is 0 Å². The minimum atomic E-state index is -0.597. The first kappa shape index (κ1) is 10.4. The molecule has 0 N–H and O–H groups in total. The average molecular weight is 198 g/mol. The summed E-state index contributed by atoms with van der Waals surface area (Å²) in [5.41, 5.74) is 0. The summed E-state index contributed by atoms with van der Waals surface area (Å²) < 4.78 is 9.39. The number of carbonyl (C=O) groups is 3. The van der Waals surface area contributed by atoms with Crippen molar-refractivity contribution < 1.29 is 23.9 Å². The Morgan fingerprint density at radius 3 is 2.14 bits per heavy atom. The van der Waals surface area contributed by atoms with E-state index in [1.165, 1.54) is 13.8 Å². The molecule has 0 fully saturated rings. The fraction of sp³-hybridized carbons (Fsp3) is 0.444. The molecular weight excluding hydrogens is 188 g/mol. The van der Waals surface area contributed by atoms with Crippen LogP contribution in [0.25, 0.3) is 0 Å². The van der Waals surface area contributed by atoms with Crippen LogP contribution in [0.2, 0.25) is 0 Å². The van der Waals surface area contributed by atoms with E-state index in [4.69, 9.17) is 4.74 Å². The van der Waals surface area contributed by atoms with E-state index in [1.54, 1.807) is 0 Å². The molecular formula is C9H10O5. The van der Waals surface area contributed by atoms with Gasteiger partial charge in [0, 0.05) is 26.7 Å². The van der Waals surface area contributed by atoms with Crippen molar-refractivity contribution in [2.75, 3.05) is 0 Å². The van der Waals surface area contributed by atoms with Crippen molar-refractivity contribution in [3.05, 3.63) is 11.5 Å². The first-order chi connectivity index (χ1) is 6.50. The SMILES string of the molecule is CC(=O)OC1=C(OC(C)=O)C(=O)CC1. The molecule has 14 heavy (non-hydrogen) atoms. The lowest BCUT2D eigenvalue weighted by molar-refractivity contribution is -0.142. The molecule has 0 heterocycles. The molecule has 5 heteroatoms. The van der Waals surface area contributed by atoms with Gasteiger partial charge in [-0.2, -0.15) is 0 Å². The summed E-state index contributed by atoms with van der Waals surface area (Å²) in [7, 11) is 0. The van der Waals surface area contributed by atoms with Crippen LogP contribution in [0.4, 0.5) is 0 Å². The molecule has 76 valence electrons. The van der Waals surface area contributed by atoms with Crippen LogP contribution >= 0.6 is 0 Å². The second-order valence-corrected chi connectivity index (χ2v) is 2.86. The summed E-state index contributed by atoms with van der Waals surface area (Å²) in [5.74, 6) is -1.42. The van der Waals surface area contributed by atoms with E-state index < -0.39 is 11.9 Å². The van der Waals surface area contributed by atoms with Crippen LogP contribution < -0.4 is 0 Å². The molecule has 0 aliphatic heterocycles. The second kappa shape index (κ2) is 4.04. The Kier molecular flexibility index (Phi) is 3.01. The summed E-state index contributed by atoms with van der Waals surface area (Å²) in [5, 5.41) is 0. The predicted octanol–water partition coefficient (Wildman–Crippen LogP) is 0.687. The lowest BCUT2D eigenvalue weighted by Gasteiger charge is -2.04. The maximum Gasteiger partial charge on any atom is 0.308 e. The van der Waals surface area contributed by atoms with Gasteiger partial charge in [-0.1, -0.05) is 0 Å². The van der Waals surface area contributed by atoms with Crippen LogP contribution in [0.3, 0.4) is 0 Å². The minimum absolute atomic E-state index is 0.132. The third kappa shape index (κ3) is 2.42. The molecule has 0 saturated heterocycles. The van der Waals surface area contributed by atoms with Gasteiger partial charge in [-0.3, -0.25) is 14.4 Å². The van der Waals surface area contributed by atoms with Gasteiger partial charge in [0.15, 0.2) is 5.76 Å². The molecule has 5 nitrogen and oxygen atoms in total. The fourth-order valence-electron chi connectivity index (χ4n) is 1.14. The van der Waals surface area contributed by atoms with Crippen LogP contribution in [-0.2, 0) is 23.9 Å². The van der Waals surface area contributed by atoms with Crippen molar-refractivity contribution in [1.29, 1.82) is 0 Å². The third-order valence-corrected chi connectivity index (χ3v) is 1.60. The maximum absolute atomic E-state index is 11.2. The molecule has 1 rings (SSSR count). The van der Waals surface area contributed by atoms with Gasteiger partial charge >= 0.3 is 11.9 Å². The molecule has 0 aromatic rings. The number of hydrogen-bond donors (Lipinski definition) is 0. The Morgan fingerprint density at radius 2 is 1.64 bits per heavy atom. The number of allylic oxidation sites excluding steroid dienone is 2. The van der Waals surface area contributed by atoms with E-state index in [9.17, 15) is 14.4 Å². The third-order valence-electron chi connectivity index (χ3n) is 1.60. The molecule has 0 bridgehead atoms. The number of carbonyl (C=O) groups excluding carboxylic acids is 3. The van der Waals surface area contributed by atoms with Crippen molar-refractivity contribution in [2.45, 2.75) is 26.7 Å². The van der Waals surface area contributed by atoms with Crippen molar-refractivity contribution in [3.63, 3.8) is 0 Å². The quantitative estimate of drug-likeness (QED) is 0.610. The molecule has 0 spiro atoms. The zero-order chi connectivity index (χ0) is 10.7. The first-order valence-corrected chi connectivity index (χ1v) is 4.14. The van der Waals surface area contributed by atoms with Crippen LogP contribution in [0.15, 0.2) is 11.5 Å². The molecule has 0 aromatic heterocycles. The first-order valence-electron chi connectivity index (χ1n) is 4.14. The normalized spacial score (nSPS) is 15.7. The highest BCUT2D eigenvalue weighted by Gasteiger charge is 2.28. The number of ketones is 1. The van der Waals surface area contributed by atoms with Gasteiger partial charge in [-0.25, -0.2) is 0 Å². The van der Waals surface area contributed by atoms with E-state index in [-0.39, 0.29) is 23.7 Å². The Morgan fingerprint density at radius 1 is 1.07 bits per heavy atom. The van der Waals surface area contributed by atoms with E-state index in [2.05, 4.69) is 4.74 Å². The number of esters is 2. The van der Waals surface area contributed by atoms with Gasteiger partial charge in [0.2, 0.25) is 11.5 Å². The van der Waals surface area contributed by atoms with Gasteiger partial charge in [0.1, 0.15) is 0 Å². The van der Waals surface area contributed by atoms with Crippen LogP contribution in [0.5, 0.6) is 0 Å². The topological polar surface area (TPSA) is 69.7 Å². The molecule has 0 atom stereocenters. The van der Waals surface area contributed by atoms with Crippen molar-refractivity contribution in [2.24, 2.45) is 0 Å². The molecule has 1 aliphatic carbocycles. The van der Waals surface area contributed by atoms with Gasteiger partial charge in [0.25, 0.3) is 0 Å². The number of ether oxygens (including phenoxy) is 2. The van der Waals surface area contributed by atoms with Crippen molar-refractivity contribution in [3.8, 4) is 0 Å². The zero-order valence-electron chi connectivity index (χ0n) is 7.96. The fourth-order valence-corrected chi connectivity index (χ4v) is 1.14. The smallest absolute Gasteiger partial charge is 0.308 e. The van der Waals surface area contributed by atoms with Gasteiger partial charge in [0.05, 0.1) is 0 Å². The number of rotatable bonds is 2. The highest BCUT2D eigenvalue weighted by molar-refractivity contribution is 5.98. The predicted molar refractivity (Wildman–Crippen MR) is 44.8 cm³/mol. The highest BCUT2D eigenvalue weighted by atomic mass is 16.6. The highest BCUT2D eigenvalue weighted by Crippen LogP contribution is 2.24. The number of hydrogen-bond acceptors (Lipinski definition) is 5. The Balaban J connectivity index is 2.84. The van der Waals surface area contributed by atoms with Gasteiger partial charge in [-0.05, 0) is 0 Å². The van der Waals surface area contributed by atoms with E-state index >= 15 is 0 Å². The molecule has 1 aliphatic rings. The lowest BCUT2D eigenvalue weighted by Crippen LogP contribution is -2.08. The van der Waals surface area contributed by atoms with E-state index in [0.29, 0.717) is 6.42 Å². The summed E-state index contributed by atoms with van der Waals surface area (Å²) in [6.45, 7) is 2.41. The summed E-state index contributed by atoms with van der Waals surface area (Å²) in [6.07, 6.45) is 0.520. The Bertz CT molecular complexity index is 326. The van der Waals surface area contributed by atoms with Gasteiger partial charge in [-0.15, -0.1) is 0 Å². The van der Waals surface area contributed by atoms with E-state index in [0.717, 1.165) is 0 Å². The largest absolute Gasteiger partial charge is 0.427 e. The standard InChI is InChI=1S/C9H10O5/c1-5(10)13-8-4-3-7(12)9(8)14-6(2)11/h3-4H2,1-2H3. The van der Waals surface area contributed by atoms with Crippen LogP contribution in [0, 0.1) is 0 Å². The van der Waals surface area contributed by atoms with E-state index in [1.807, 2.05) is 0 Å². The molecule has 0 saturated carbocycles. The monoisotopic (exact) mass is 198 g/mol. The van der Waals surface area contributed by atoms with Crippen LogP contribution in [-0.4, -0.2) is 17.7 Å². The Hall–Kier alpha value is -1.65. The molecule has 0 unspecified atom stereocenters. The molecule has 0 radical (unpaired) electrons. The zero-order valence-corrected chi connectivity index (χ0v) is 7.96. The maximum atomic E-state index is 11.2. The van der Waals surface area contributed by atoms with Crippen molar-refractivity contribution >= 4 is 17.7 Å². The summed E-state index contributed by atoms with van der Waals surface area (Å²) >= 11 is 0. The number of Topliss-reactive ketones (excluding diaryl/α,β-unsaturated/α-hetero) is 1. The molecule has 0 amide bonds. The summed E-state index contributed by atoms with van der Waals surface area (Å²) in [6, 6.07) is 0. The minimum Gasteiger partial charge on any atom is -0.427 e. The summed E-state index contributed by atoms with van der Waals surface area (Å²) in [4.78, 5) is 32.4. The average Bonchev–Trinajstić information content (AvgIpc) is 2.34. The second-order valence-electron chi connectivity index (χ2n) is 2.86. The Labute approximate surface area is 80.7 Å². The van der Waals surface area contributed by atoms with Crippen LogP contribution in [0.1, 0.15) is 26.7 Å². The molecule has 0 aromatic carbocycles. The van der Waals surface area contributed by atoms with Gasteiger partial charge < -0.3 is 9.47 Å².